The standard InChI is InChI=1S/C13H22/c1-11-6-9-12(2)7-4-5-8-13(12,3)10-11/h10H,4-9H2,1-3H3/t12-,13?/m1/s1. The quantitative estimate of drug-likeness (QED) is 0.485. The monoisotopic (exact) mass is 178 g/mol. The van der Waals surface area contributed by atoms with Gasteiger partial charge < -0.3 is 0 Å². The Hall–Kier alpha value is -0.260. The van der Waals surface area contributed by atoms with E-state index in [1.54, 1.807) is 5.57 Å². The Kier molecular flexibility index (Phi) is 2.05. The summed E-state index contributed by atoms with van der Waals surface area (Å²) >= 11 is 0. The molecule has 2 aliphatic rings. The summed E-state index contributed by atoms with van der Waals surface area (Å²) in [4.78, 5) is 0. The molecule has 0 heteroatoms. The maximum atomic E-state index is 2.58. The lowest BCUT2D eigenvalue weighted by atomic mass is 9.53. The van der Waals surface area contributed by atoms with Crippen molar-refractivity contribution >= 4 is 0 Å². The molecule has 0 amide bonds. The Labute approximate surface area is 82.4 Å². The van der Waals surface area contributed by atoms with Gasteiger partial charge in [0, 0.05) is 0 Å². The van der Waals surface area contributed by atoms with Crippen LogP contribution in [0.5, 0.6) is 0 Å². The third-order valence-electron chi connectivity index (χ3n) is 4.69. The van der Waals surface area contributed by atoms with Gasteiger partial charge in [-0.25, -0.2) is 0 Å². The molecular formula is C13H22. The highest BCUT2D eigenvalue weighted by molar-refractivity contribution is 5.17. The molecule has 2 rings (SSSR count). The van der Waals surface area contributed by atoms with Crippen LogP contribution in [0.25, 0.3) is 0 Å². The average Bonchev–Trinajstić information content (AvgIpc) is 2.07. The second-order valence-corrected chi connectivity index (χ2v) is 5.68. The van der Waals surface area contributed by atoms with Crippen molar-refractivity contribution in [3.8, 4) is 0 Å². The summed E-state index contributed by atoms with van der Waals surface area (Å²) in [6.07, 6.45) is 11.1. The first-order chi connectivity index (χ1) is 6.06. The molecule has 0 aromatic rings. The van der Waals surface area contributed by atoms with Crippen molar-refractivity contribution in [2.24, 2.45) is 10.8 Å². The first-order valence-electron chi connectivity index (χ1n) is 5.74. The molecule has 0 bridgehead atoms. The molecule has 0 heterocycles. The van der Waals surface area contributed by atoms with Crippen LogP contribution in [-0.4, -0.2) is 0 Å². The number of allylic oxidation sites excluding steroid dienone is 2. The van der Waals surface area contributed by atoms with Gasteiger partial charge in [0.15, 0.2) is 0 Å². The van der Waals surface area contributed by atoms with Crippen molar-refractivity contribution < 1.29 is 0 Å². The van der Waals surface area contributed by atoms with Gasteiger partial charge in [0.2, 0.25) is 0 Å². The Bertz CT molecular complexity index is 238. The molecule has 0 spiro atoms. The number of hydrogen-bond donors (Lipinski definition) is 0. The summed E-state index contributed by atoms with van der Waals surface area (Å²) in [7, 11) is 0. The minimum Gasteiger partial charge on any atom is -0.0791 e. The minimum absolute atomic E-state index is 0.521. The van der Waals surface area contributed by atoms with Crippen LogP contribution in [0.2, 0.25) is 0 Å². The van der Waals surface area contributed by atoms with E-state index in [-0.39, 0.29) is 0 Å². The summed E-state index contributed by atoms with van der Waals surface area (Å²) < 4.78 is 0. The number of hydrogen-bond acceptors (Lipinski definition) is 0. The Morgan fingerprint density at radius 3 is 2.54 bits per heavy atom. The lowest BCUT2D eigenvalue weighted by molar-refractivity contribution is 0.0417. The predicted octanol–water partition coefficient (Wildman–Crippen LogP) is 4.31. The van der Waals surface area contributed by atoms with Crippen LogP contribution in [0.3, 0.4) is 0 Å². The van der Waals surface area contributed by atoms with Gasteiger partial charge in [-0.3, -0.25) is 0 Å². The molecular weight excluding hydrogens is 156 g/mol. The van der Waals surface area contributed by atoms with Crippen LogP contribution in [0, 0.1) is 10.8 Å². The molecule has 0 radical (unpaired) electrons. The third kappa shape index (κ3) is 1.35. The third-order valence-corrected chi connectivity index (χ3v) is 4.69. The SMILES string of the molecule is CC1=CC2(C)CCCC[C@]2(C)CC1. The molecule has 1 saturated carbocycles. The first kappa shape index (κ1) is 9.30. The highest BCUT2D eigenvalue weighted by Crippen LogP contribution is 2.56. The summed E-state index contributed by atoms with van der Waals surface area (Å²) in [6.45, 7) is 7.29. The zero-order valence-corrected chi connectivity index (χ0v) is 9.32. The van der Waals surface area contributed by atoms with Gasteiger partial charge in [-0.05, 0) is 43.4 Å². The van der Waals surface area contributed by atoms with E-state index in [0.717, 1.165) is 0 Å². The lowest BCUT2D eigenvalue weighted by Crippen LogP contribution is -2.41. The zero-order chi connectivity index (χ0) is 9.53. The second-order valence-electron chi connectivity index (χ2n) is 5.68. The molecule has 0 aromatic heterocycles. The van der Waals surface area contributed by atoms with Crippen molar-refractivity contribution in [3.05, 3.63) is 11.6 Å². The summed E-state index contributed by atoms with van der Waals surface area (Å²) in [5.41, 5.74) is 2.76. The highest BCUT2D eigenvalue weighted by atomic mass is 14.5. The van der Waals surface area contributed by atoms with Crippen LogP contribution in [0.1, 0.15) is 59.3 Å². The van der Waals surface area contributed by atoms with E-state index in [9.17, 15) is 0 Å². The zero-order valence-electron chi connectivity index (χ0n) is 9.32. The number of rotatable bonds is 0. The molecule has 13 heavy (non-hydrogen) atoms. The molecule has 0 aliphatic heterocycles. The summed E-state index contributed by atoms with van der Waals surface area (Å²) in [5, 5.41) is 0. The van der Waals surface area contributed by atoms with E-state index in [1.807, 2.05) is 0 Å². The molecule has 1 fully saturated rings. The second kappa shape index (κ2) is 2.87. The van der Waals surface area contributed by atoms with Gasteiger partial charge in [-0.15, -0.1) is 0 Å². The van der Waals surface area contributed by atoms with E-state index in [2.05, 4.69) is 26.8 Å². The van der Waals surface area contributed by atoms with Gasteiger partial charge >= 0.3 is 0 Å². The fraction of sp³-hybridized carbons (Fsp3) is 0.846. The largest absolute Gasteiger partial charge is 0.0791 e. The summed E-state index contributed by atoms with van der Waals surface area (Å²) in [6, 6.07) is 0. The van der Waals surface area contributed by atoms with Crippen molar-refractivity contribution in [1.82, 2.24) is 0 Å². The molecule has 1 unspecified atom stereocenters. The fourth-order valence-electron chi connectivity index (χ4n) is 3.34. The maximum absolute atomic E-state index is 2.58. The van der Waals surface area contributed by atoms with E-state index >= 15 is 0 Å². The molecule has 0 nitrogen and oxygen atoms in total. The van der Waals surface area contributed by atoms with Gasteiger partial charge in [0.1, 0.15) is 0 Å². The lowest BCUT2D eigenvalue weighted by Gasteiger charge is -2.51. The normalized spacial score (nSPS) is 45.3. The van der Waals surface area contributed by atoms with E-state index in [0.29, 0.717) is 10.8 Å². The Morgan fingerprint density at radius 1 is 1.08 bits per heavy atom. The summed E-state index contributed by atoms with van der Waals surface area (Å²) in [5.74, 6) is 0. The smallest absolute Gasteiger partial charge is 0.00901 e. The van der Waals surface area contributed by atoms with Crippen molar-refractivity contribution in [2.45, 2.75) is 59.3 Å². The van der Waals surface area contributed by atoms with Crippen molar-refractivity contribution in [1.29, 1.82) is 0 Å². The Balaban J connectivity index is 2.34. The van der Waals surface area contributed by atoms with E-state index < -0.39 is 0 Å². The Morgan fingerprint density at radius 2 is 1.77 bits per heavy atom. The van der Waals surface area contributed by atoms with E-state index in [4.69, 9.17) is 0 Å². The van der Waals surface area contributed by atoms with Crippen LogP contribution in [0.4, 0.5) is 0 Å². The predicted molar refractivity (Wildman–Crippen MR) is 57.7 cm³/mol. The molecule has 0 N–H and O–H groups in total. The highest BCUT2D eigenvalue weighted by Gasteiger charge is 2.45. The minimum atomic E-state index is 0.521. The fourth-order valence-corrected chi connectivity index (χ4v) is 3.34. The van der Waals surface area contributed by atoms with Gasteiger partial charge in [-0.1, -0.05) is 38.3 Å². The van der Waals surface area contributed by atoms with Crippen LogP contribution >= 0.6 is 0 Å². The molecule has 0 saturated heterocycles. The maximum Gasteiger partial charge on any atom is -0.00901 e. The molecule has 2 atom stereocenters. The van der Waals surface area contributed by atoms with Crippen LogP contribution in [-0.2, 0) is 0 Å². The van der Waals surface area contributed by atoms with E-state index in [1.165, 1.54) is 38.5 Å². The average molecular weight is 178 g/mol. The van der Waals surface area contributed by atoms with Gasteiger partial charge in [-0.2, -0.15) is 0 Å². The van der Waals surface area contributed by atoms with Crippen molar-refractivity contribution in [3.63, 3.8) is 0 Å². The molecule has 2 aliphatic carbocycles. The van der Waals surface area contributed by atoms with Gasteiger partial charge in [0.25, 0.3) is 0 Å². The number of fused-ring (bicyclic) bond motifs is 1. The molecule has 74 valence electrons. The molecule has 0 aromatic carbocycles. The van der Waals surface area contributed by atoms with Crippen molar-refractivity contribution in [2.75, 3.05) is 0 Å². The first-order valence-corrected chi connectivity index (χ1v) is 5.74. The topological polar surface area (TPSA) is 0 Å². The van der Waals surface area contributed by atoms with Crippen LogP contribution < -0.4 is 0 Å². The van der Waals surface area contributed by atoms with Gasteiger partial charge in [0.05, 0.1) is 0 Å². The van der Waals surface area contributed by atoms with Crippen LogP contribution in [0.15, 0.2) is 11.6 Å².